The number of fused-ring (bicyclic) bond motifs is 1. The summed E-state index contributed by atoms with van der Waals surface area (Å²) in [5.41, 5.74) is 7.23. The van der Waals surface area contributed by atoms with Crippen molar-refractivity contribution in [1.82, 2.24) is 5.32 Å². The van der Waals surface area contributed by atoms with E-state index in [0.29, 0.717) is 22.5 Å². The molecule has 1 aliphatic heterocycles. The van der Waals surface area contributed by atoms with E-state index in [1.807, 2.05) is 0 Å². The molecule has 2 aromatic rings. The maximum atomic E-state index is 13.0. The number of nitrogens with one attached hydrogen (secondary N) is 1. The maximum absolute atomic E-state index is 13.0. The molecule has 206 valence electrons. The second-order valence-corrected chi connectivity index (χ2v) is 8.32. The van der Waals surface area contributed by atoms with Gasteiger partial charge in [-0.2, -0.15) is 26.3 Å². The van der Waals surface area contributed by atoms with Gasteiger partial charge in [0, 0.05) is 31.0 Å². The normalized spacial score (nSPS) is 16.3. The molecular formula is C25H26F6N4O3. The third-order valence-electron chi connectivity index (χ3n) is 5.37. The number of hydrogen-bond donors (Lipinski definition) is 2. The van der Waals surface area contributed by atoms with Crippen LogP contribution in [0.4, 0.5) is 32.0 Å². The number of benzodiazepines with no additional fused rings is 1. The van der Waals surface area contributed by atoms with E-state index in [0.717, 1.165) is 6.92 Å². The Morgan fingerprint density at radius 2 is 1.55 bits per heavy atom. The molecule has 1 aliphatic rings. The van der Waals surface area contributed by atoms with Crippen molar-refractivity contribution in [3.63, 3.8) is 0 Å². The number of likely N-dealkylation sites (N-methyl/N-ethyl adjacent to an activating group) is 1. The minimum atomic E-state index is -4.70. The van der Waals surface area contributed by atoms with Crippen molar-refractivity contribution in [1.29, 1.82) is 0 Å². The lowest BCUT2D eigenvalue weighted by Crippen LogP contribution is -2.48. The molecule has 7 nitrogen and oxygen atoms in total. The number of para-hydroxylation sites is 1. The van der Waals surface area contributed by atoms with E-state index in [1.165, 1.54) is 11.9 Å². The summed E-state index contributed by atoms with van der Waals surface area (Å²) in [6.45, 7) is 1.08. The van der Waals surface area contributed by atoms with Crippen LogP contribution in [-0.4, -0.2) is 49.0 Å². The van der Waals surface area contributed by atoms with Gasteiger partial charge in [0.1, 0.15) is 0 Å². The Hall–Kier alpha value is -3.90. The van der Waals surface area contributed by atoms with E-state index in [2.05, 4.69) is 10.3 Å². The predicted molar refractivity (Wildman–Crippen MR) is 128 cm³/mol. The lowest BCUT2D eigenvalue weighted by atomic mass is 9.99. The zero-order chi connectivity index (χ0) is 28.7. The number of hydrogen-bond acceptors (Lipinski definition) is 4. The lowest BCUT2D eigenvalue weighted by molar-refractivity contribution is -0.156. The standard InChI is InChI=1S/C22H21F3N4O3.C3H5F3/c1-29-16-10-6-5-9-15(16)18(13-7-3-2-4-8-13)27-19(21(29)32)28-20(31)14(11-17(26)30)12-22(23,24)25;1-2-3(4,5)6/h2-10,14,19H,11-12H2,1H3,(H2,26,30)(H,28,31);2H2,1H3. The molecule has 0 saturated carbocycles. The molecule has 3 amide bonds. The molecule has 0 aromatic heterocycles. The van der Waals surface area contributed by atoms with Gasteiger partial charge in [-0.05, 0) is 6.07 Å². The number of carbonyl (C=O) groups excluding carboxylic acids is 3. The summed E-state index contributed by atoms with van der Waals surface area (Å²) in [7, 11) is 1.49. The van der Waals surface area contributed by atoms with Gasteiger partial charge in [0.05, 0.1) is 23.7 Å². The van der Waals surface area contributed by atoms with E-state index < -0.39 is 61.4 Å². The summed E-state index contributed by atoms with van der Waals surface area (Å²) in [5.74, 6) is -4.59. The van der Waals surface area contributed by atoms with Crippen molar-refractivity contribution in [3.8, 4) is 0 Å². The first-order valence-corrected chi connectivity index (χ1v) is 11.3. The fraction of sp³-hybridized carbons (Fsp3) is 0.360. The average molecular weight is 544 g/mol. The van der Waals surface area contributed by atoms with Crippen LogP contribution in [0.2, 0.25) is 0 Å². The van der Waals surface area contributed by atoms with Gasteiger partial charge in [-0.25, -0.2) is 4.99 Å². The average Bonchev–Trinajstić information content (AvgIpc) is 2.94. The Kier molecular flexibility index (Phi) is 10.0. The number of anilines is 1. The van der Waals surface area contributed by atoms with Gasteiger partial charge in [0.2, 0.25) is 18.0 Å². The molecule has 0 spiro atoms. The molecule has 13 heteroatoms. The lowest BCUT2D eigenvalue weighted by Gasteiger charge is -2.23. The van der Waals surface area contributed by atoms with Crippen LogP contribution in [0.1, 0.15) is 37.3 Å². The molecule has 2 unspecified atom stereocenters. The van der Waals surface area contributed by atoms with E-state index in [-0.39, 0.29) is 0 Å². The Labute approximate surface area is 214 Å². The van der Waals surface area contributed by atoms with E-state index >= 15 is 0 Å². The van der Waals surface area contributed by atoms with Crippen LogP contribution in [-0.2, 0) is 14.4 Å². The Bertz CT molecular complexity index is 1170. The first-order valence-electron chi connectivity index (χ1n) is 11.3. The summed E-state index contributed by atoms with van der Waals surface area (Å²) >= 11 is 0. The molecular weight excluding hydrogens is 518 g/mol. The Balaban J connectivity index is 0.000000757. The van der Waals surface area contributed by atoms with Crippen LogP contribution in [0.15, 0.2) is 59.6 Å². The first kappa shape index (κ1) is 30.3. The number of aliphatic imine (C=N–C) groups is 1. The van der Waals surface area contributed by atoms with Gasteiger partial charge in [-0.3, -0.25) is 14.4 Å². The monoisotopic (exact) mass is 544 g/mol. The van der Waals surface area contributed by atoms with Crippen LogP contribution in [0.25, 0.3) is 0 Å². The highest BCUT2D eigenvalue weighted by molar-refractivity contribution is 6.20. The highest BCUT2D eigenvalue weighted by Crippen LogP contribution is 2.29. The summed E-state index contributed by atoms with van der Waals surface area (Å²) in [5, 5.41) is 2.28. The number of nitrogens with zero attached hydrogens (tertiary/aromatic N) is 2. The van der Waals surface area contributed by atoms with Crippen molar-refractivity contribution < 1.29 is 40.7 Å². The van der Waals surface area contributed by atoms with Crippen molar-refractivity contribution >= 4 is 29.1 Å². The number of carbonyl (C=O) groups is 3. The largest absolute Gasteiger partial charge is 0.389 e. The number of nitrogens with two attached hydrogens (primary N) is 1. The SMILES string of the molecule is CCC(F)(F)F.CN1C(=O)C(NC(=O)C(CC(N)=O)CC(F)(F)F)N=C(c2ccccc2)c2ccccc21. The topological polar surface area (TPSA) is 105 Å². The summed E-state index contributed by atoms with van der Waals surface area (Å²) < 4.78 is 71.1. The Morgan fingerprint density at radius 1 is 1.00 bits per heavy atom. The number of alkyl halides is 6. The molecule has 3 rings (SSSR count). The second kappa shape index (κ2) is 12.6. The maximum Gasteiger partial charge on any atom is 0.389 e. The van der Waals surface area contributed by atoms with Gasteiger partial charge < -0.3 is 16.0 Å². The van der Waals surface area contributed by atoms with Crippen molar-refractivity contribution in [2.45, 2.75) is 44.7 Å². The predicted octanol–water partition coefficient (Wildman–Crippen LogP) is 4.35. The van der Waals surface area contributed by atoms with Gasteiger partial charge in [0.15, 0.2) is 0 Å². The molecule has 0 bridgehead atoms. The fourth-order valence-electron chi connectivity index (χ4n) is 3.47. The molecule has 2 aromatic carbocycles. The highest BCUT2D eigenvalue weighted by Gasteiger charge is 2.38. The molecule has 0 saturated heterocycles. The quantitative estimate of drug-likeness (QED) is 0.529. The Morgan fingerprint density at radius 3 is 2.08 bits per heavy atom. The van der Waals surface area contributed by atoms with E-state index in [1.54, 1.807) is 54.6 Å². The van der Waals surface area contributed by atoms with Crippen LogP contribution in [0, 0.1) is 5.92 Å². The molecule has 0 aliphatic carbocycles. The van der Waals surface area contributed by atoms with Crippen LogP contribution >= 0.6 is 0 Å². The smallest absolute Gasteiger partial charge is 0.370 e. The summed E-state index contributed by atoms with van der Waals surface area (Å²) in [6.07, 6.45) is -13.2. The number of benzene rings is 2. The second-order valence-electron chi connectivity index (χ2n) is 8.32. The van der Waals surface area contributed by atoms with Gasteiger partial charge in [0.25, 0.3) is 5.91 Å². The molecule has 3 N–H and O–H groups in total. The van der Waals surface area contributed by atoms with Crippen LogP contribution in [0.5, 0.6) is 0 Å². The molecule has 1 heterocycles. The van der Waals surface area contributed by atoms with Gasteiger partial charge in [-0.15, -0.1) is 0 Å². The highest BCUT2D eigenvalue weighted by atomic mass is 19.4. The van der Waals surface area contributed by atoms with Crippen molar-refractivity contribution in [2.75, 3.05) is 11.9 Å². The number of amides is 3. The minimum Gasteiger partial charge on any atom is -0.370 e. The van der Waals surface area contributed by atoms with E-state index in [4.69, 9.17) is 5.73 Å². The van der Waals surface area contributed by atoms with Crippen LogP contribution < -0.4 is 16.0 Å². The third kappa shape index (κ3) is 8.89. The molecule has 0 fully saturated rings. The minimum absolute atomic E-state index is 0.395. The summed E-state index contributed by atoms with van der Waals surface area (Å²) in [4.78, 5) is 42.6. The number of rotatable bonds is 6. The van der Waals surface area contributed by atoms with E-state index in [9.17, 15) is 40.7 Å². The molecule has 0 radical (unpaired) electrons. The van der Waals surface area contributed by atoms with Crippen LogP contribution in [0.3, 0.4) is 0 Å². The van der Waals surface area contributed by atoms with Crippen molar-refractivity contribution in [3.05, 3.63) is 65.7 Å². The van der Waals surface area contributed by atoms with Gasteiger partial charge >= 0.3 is 12.4 Å². The zero-order valence-corrected chi connectivity index (χ0v) is 20.4. The fourth-order valence-corrected chi connectivity index (χ4v) is 3.47. The van der Waals surface area contributed by atoms with Crippen molar-refractivity contribution in [2.24, 2.45) is 16.6 Å². The molecule has 2 atom stereocenters. The summed E-state index contributed by atoms with van der Waals surface area (Å²) in [6, 6.07) is 15.8. The first-order chi connectivity index (χ1) is 17.6. The molecule has 38 heavy (non-hydrogen) atoms. The number of primary amides is 1. The zero-order valence-electron chi connectivity index (χ0n) is 20.4. The van der Waals surface area contributed by atoms with Gasteiger partial charge in [-0.1, -0.05) is 55.5 Å². The third-order valence-corrected chi connectivity index (χ3v) is 5.37. The number of halogens is 6.